The van der Waals surface area contributed by atoms with E-state index in [2.05, 4.69) is 4.72 Å². The minimum Gasteiger partial charge on any atom is -0.481 e. The Morgan fingerprint density at radius 3 is 2.24 bits per heavy atom. The van der Waals surface area contributed by atoms with Gasteiger partial charge >= 0.3 is 5.97 Å². The van der Waals surface area contributed by atoms with Crippen LogP contribution in [0.15, 0.2) is 0 Å². The summed E-state index contributed by atoms with van der Waals surface area (Å²) in [5.41, 5.74) is 0. The minimum absolute atomic E-state index is 0.0974. The largest absolute Gasteiger partial charge is 0.481 e. The van der Waals surface area contributed by atoms with Gasteiger partial charge in [-0.15, -0.1) is 0 Å². The molecule has 1 atom stereocenters. The summed E-state index contributed by atoms with van der Waals surface area (Å²) in [7, 11) is -3.36. The first kappa shape index (κ1) is 16.4. The first-order valence-electron chi connectivity index (χ1n) is 6.04. The van der Waals surface area contributed by atoms with Crippen LogP contribution in [0.4, 0.5) is 0 Å². The van der Waals surface area contributed by atoms with E-state index in [1.807, 2.05) is 20.8 Å². The van der Waals surface area contributed by atoms with E-state index in [0.29, 0.717) is 5.92 Å². The molecule has 0 aliphatic carbocycles. The van der Waals surface area contributed by atoms with Crippen molar-refractivity contribution < 1.29 is 18.3 Å². The van der Waals surface area contributed by atoms with Gasteiger partial charge in [0.1, 0.15) is 0 Å². The van der Waals surface area contributed by atoms with E-state index in [0.717, 1.165) is 12.8 Å². The number of carboxylic acids is 1. The number of hydrogen-bond acceptors (Lipinski definition) is 3. The number of rotatable bonds is 9. The van der Waals surface area contributed by atoms with Crippen LogP contribution in [-0.4, -0.2) is 31.3 Å². The lowest BCUT2D eigenvalue weighted by Crippen LogP contribution is -2.39. The zero-order valence-corrected chi connectivity index (χ0v) is 11.6. The second-order valence-electron chi connectivity index (χ2n) is 4.30. The fourth-order valence-corrected chi connectivity index (χ4v) is 3.25. The van der Waals surface area contributed by atoms with Crippen molar-refractivity contribution in [2.24, 2.45) is 5.92 Å². The van der Waals surface area contributed by atoms with Crippen molar-refractivity contribution in [3.8, 4) is 0 Å². The van der Waals surface area contributed by atoms with Crippen LogP contribution in [0.3, 0.4) is 0 Å². The topological polar surface area (TPSA) is 83.5 Å². The summed E-state index contributed by atoms with van der Waals surface area (Å²) in [5.74, 6) is -0.762. The number of aliphatic carboxylic acids is 1. The molecule has 0 aromatic rings. The lowest BCUT2D eigenvalue weighted by atomic mass is 9.96. The summed E-state index contributed by atoms with van der Waals surface area (Å²) in [5, 5.41) is 8.44. The van der Waals surface area contributed by atoms with Crippen LogP contribution in [-0.2, 0) is 14.8 Å². The average molecular weight is 265 g/mol. The van der Waals surface area contributed by atoms with E-state index in [9.17, 15) is 13.2 Å². The summed E-state index contributed by atoms with van der Waals surface area (Å²) in [6, 6.07) is -0.0974. The SMILES string of the molecule is CCC(CC)C(C)NS(=O)(=O)CCCC(=O)O. The van der Waals surface area contributed by atoms with Crippen LogP contribution in [0.2, 0.25) is 0 Å². The van der Waals surface area contributed by atoms with E-state index in [1.165, 1.54) is 0 Å². The molecule has 0 aliphatic rings. The molecule has 17 heavy (non-hydrogen) atoms. The number of carboxylic acid groups (broad SMARTS) is 1. The van der Waals surface area contributed by atoms with Gasteiger partial charge in [0.05, 0.1) is 5.75 Å². The van der Waals surface area contributed by atoms with Crippen LogP contribution in [0, 0.1) is 5.92 Å². The molecule has 102 valence electrons. The Morgan fingerprint density at radius 1 is 1.29 bits per heavy atom. The Morgan fingerprint density at radius 2 is 1.82 bits per heavy atom. The second kappa shape index (κ2) is 7.66. The van der Waals surface area contributed by atoms with Crippen molar-refractivity contribution in [2.45, 2.75) is 52.5 Å². The molecule has 0 radical (unpaired) electrons. The van der Waals surface area contributed by atoms with E-state index >= 15 is 0 Å². The summed E-state index contributed by atoms with van der Waals surface area (Å²) in [4.78, 5) is 10.3. The molecule has 0 spiro atoms. The quantitative estimate of drug-likeness (QED) is 0.663. The second-order valence-corrected chi connectivity index (χ2v) is 6.17. The van der Waals surface area contributed by atoms with E-state index < -0.39 is 16.0 Å². The molecular formula is C11H23NO4S. The Hall–Kier alpha value is -0.620. The summed E-state index contributed by atoms with van der Waals surface area (Å²) < 4.78 is 25.9. The highest BCUT2D eigenvalue weighted by Gasteiger charge is 2.19. The van der Waals surface area contributed by atoms with Gasteiger partial charge in [0.15, 0.2) is 0 Å². The summed E-state index contributed by atoms with van der Waals surface area (Å²) >= 11 is 0. The molecule has 0 bridgehead atoms. The molecule has 5 nitrogen and oxygen atoms in total. The smallest absolute Gasteiger partial charge is 0.303 e. The molecule has 0 saturated heterocycles. The number of hydrogen-bond donors (Lipinski definition) is 2. The zero-order valence-electron chi connectivity index (χ0n) is 10.8. The van der Waals surface area contributed by atoms with Crippen molar-refractivity contribution in [3.63, 3.8) is 0 Å². The number of nitrogens with one attached hydrogen (secondary N) is 1. The predicted octanol–water partition coefficient (Wildman–Crippen LogP) is 1.60. The lowest BCUT2D eigenvalue weighted by molar-refractivity contribution is -0.137. The third kappa shape index (κ3) is 7.33. The van der Waals surface area contributed by atoms with Crippen molar-refractivity contribution in [2.75, 3.05) is 5.75 Å². The standard InChI is InChI=1S/C11H23NO4S/c1-4-10(5-2)9(3)12-17(15,16)8-6-7-11(13)14/h9-10,12H,4-8H2,1-3H3,(H,13,14). The molecule has 2 N–H and O–H groups in total. The van der Waals surface area contributed by atoms with Crippen molar-refractivity contribution in [1.29, 1.82) is 0 Å². The van der Waals surface area contributed by atoms with E-state index in [-0.39, 0.29) is 24.6 Å². The first-order chi connectivity index (χ1) is 7.82. The molecule has 1 unspecified atom stereocenters. The third-order valence-electron chi connectivity index (χ3n) is 2.93. The molecule has 6 heteroatoms. The molecular weight excluding hydrogens is 242 g/mol. The van der Waals surface area contributed by atoms with E-state index in [1.54, 1.807) is 0 Å². The fraction of sp³-hybridized carbons (Fsp3) is 0.909. The molecule has 0 heterocycles. The maximum Gasteiger partial charge on any atom is 0.303 e. The van der Waals surface area contributed by atoms with Crippen LogP contribution in [0.5, 0.6) is 0 Å². The molecule has 0 rings (SSSR count). The van der Waals surface area contributed by atoms with Crippen LogP contribution >= 0.6 is 0 Å². The predicted molar refractivity (Wildman–Crippen MR) is 67.3 cm³/mol. The van der Waals surface area contributed by atoms with Crippen molar-refractivity contribution >= 4 is 16.0 Å². The molecule has 0 aliphatic heterocycles. The Kier molecular flexibility index (Phi) is 7.38. The Labute approximate surface area is 104 Å². The fourth-order valence-electron chi connectivity index (χ4n) is 1.85. The average Bonchev–Trinajstić information content (AvgIpc) is 2.17. The molecule has 0 amide bonds. The molecule has 0 fully saturated rings. The van der Waals surface area contributed by atoms with Crippen LogP contribution in [0.25, 0.3) is 0 Å². The molecule has 0 saturated carbocycles. The van der Waals surface area contributed by atoms with Gasteiger partial charge in [-0.1, -0.05) is 26.7 Å². The Balaban J connectivity index is 4.20. The Bertz CT molecular complexity index is 322. The minimum atomic E-state index is -3.36. The summed E-state index contributed by atoms with van der Waals surface area (Å²) in [6.07, 6.45) is 1.89. The van der Waals surface area contributed by atoms with Crippen molar-refractivity contribution in [1.82, 2.24) is 4.72 Å². The maximum absolute atomic E-state index is 11.7. The van der Waals surface area contributed by atoms with Gasteiger partial charge < -0.3 is 5.11 Å². The first-order valence-corrected chi connectivity index (χ1v) is 7.69. The normalized spacial score (nSPS) is 13.9. The lowest BCUT2D eigenvalue weighted by Gasteiger charge is -2.22. The van der Waals surface area contributed by atoms with Gasteiger partial charge in [-0.25, -0.2) is 13.1 Å². The van der Waals surface area contributed by atoms with Gasteiger partial charge in [0.2, 0.25) is 10.0 Å². The third-order valence-corrected chi connectivity index (χ3v) is 4.48. The maximum atomic E-state index is 11.7. The van der Waals surface area contributed by atoms with Gasteiger partial charge in [0, 0.05) is 12.5 Å². The van der Waals surface area contributed by atoms with Gasteiger partial charge in [0.25, 0.3) is 0 Å². The highest BCUT2D eigenvalue weighted by atomic mass is 32.2. The van der Waals surface area contributed by atoms with Gasteiger partial charge in [-0.2, -0.15) is 0 Å². The van der Waals surface area contributed by atoms with Crippen LogP contribution < -0.4 is 4.72 Å². The molecule has 0 aromatic carbocycles. The van der Waals surface area contributed by atoms with E-state index in [4.69, 9.17) is 5.11 Å². The van der Waals surface area contributed by atoms with Crippen molar-refractivity contribution in [3.05, 3.63) is 0 Å². The zero-order chi connectivity index (χ0) is 13.5. The molecule has 0 aromatic heterocycles. The highest BCUT2D eigenvalue weighted by Crippen LogP contribution is 2.13. The summed E-state index contributed by atoms with van der Waals surface area (Å²) in [6.45, 7) is 5.92. The van der Waals surface area contributed by atoms with Gasteiger partial charge in [-0.3, -0.25) is 4.79 Å². The van der Waals surface area contributed by atoms with Gasteiger partial charge in [-0.05, 0) is 19.3 Å². The highest BCUT2D eigenvalue weighted by molar-refractivity contribution is 7.89. The number of sulfonamides is 1. The number of carbonyl (C=O) groups is 1. The monoisotopic (exact) mass is 265 g/mol. The van der Waals surface area contributed by atoms with Crippen LogP contribution in [0.1, 0.15) is 46.5 Å².